The Morgan fingerprint density at radius 3 is 2.39 bits per heavy atom. The molecular weight excluding hydrogens is 374 g/mol. The molecule has 28 heavy (non-hydrogen) atoms. The van der Waals surface area contributed by atoms with Gasteiger partial charge in [-0.3, -0.25) is 14.1 Å². The lowest BCUT2D eigenvalue weighted by atomic mass is 10.1. The van der Waals surface area contributed by atoms with Crippen LogP contribution in [-0.4, -0.2) is 26.4 Å². The number of nitrogens with one attached hydrogen (secondary N) is 1. The van der Waals surface area contributed by atoms with Gasteiger partial charge in [-0.05, 0) is 55.0 Å². The highest BCUT2D eigenvalue weighted by atomic mass is 32.2. The van der Waals surface area contributed by atoms with Crippen molar-refractivity contribution in [2.24, 2.45) is 0 Å². The van der Waals surface area contributed by atoms with E-state index < -0.39 is 10.0 Å². The number of amides is 1. The lowest BCUT2D eigenvalue weighted by Gasteiger charge is -2.22. The maximum atomic E-state index is 12.8. The van der Waals surface area contributed by atoms with Crippen molar-refractivity contribution in [2.75, 3.05) is 11.4 Å². The Morgan fingerprint density at radius 1 is 1.04 bits per heavy atom. The molecule has 1 amide bonds. The van der Waals surface area contributed by atoms with Crippen molar-refractivity contribution < 1.29 is 13.2 Å². The van der Waals surface area contributed by atoms with Crippen LogP contribution in [0.4, 0.5) is 5.69 Å². The fourth-order valence-corrected chi connectivity index (χ4v) is 4.09. The van der Waals surface area contributed by atoms with Crippen LogP contribution in [0.2, 0.25) is 0 Å². The van der Waals surface area contributed by atoms with Gasteiger partial charge in [0.25, 0.3) is 15.9 Å². The minimum Gasteiger partial charge on any atom is -0.346 e. The molecule has 3 rings (SSSR count). The van der Waals surface area contributed by atoms with Gasteiger partial charge in [0, 0.05) is 18.8 Å². The summed E-state index contributed by atoms with van der Waals surface area (Å²) in [4.78, 5) is 16.8. The van der Waals surface area contributed by atoms with Crippen LogP contribution in [-0.2, 0) is 16.6 Å². The van der Waals surface area contributed by atoms with Gasteiger partial charge in [0.05, 0.1) is 22.8 Å². The van der Waals surface area contributed by atoms with Crippen molar-refractivity contribution in [3.63, 3.8) is 0 Å². The summed E-state index contributed by atoms with van der Waals surface area (Å²) >= 11 is 0. The predicted molar refractivity (Wildman–Crippen MR) is 109 cm³/mol. The summed E-state index contributed by atoms with van der Waals surface area (Å²) in [6, 6.07) is 18.7. The van der Waals surface area contributed by atoms with Crippen LogP contribution in [0.15, 0.2) is 77.8 Å². The van der Waals surface area contributed by atoms with Gasteiger partial charge in [0.1, 0.15) is 0 Å². The van der Waals surface area contributed by atoms with E-state index in [1.807, 2.05) is 18.2 Å². The number of hydrogen-bond acceptors (Lipinski definition) is 4. The molecule has 3 aromatic rings. The highest BCUT2D eigenvalue weighted by Gasteiger charge is 2.22. The zero-order valence-electron chi connectivity index (χ0n) is 15.7. The van der Waals surface area contributed by atoms with E-state index in [2.05, 4.69) is 10.3 Å². The van der Waals surface area contributed by atoms with Gasteiger partial charge in [-0.2, -0.15) is 0 Å². The third-order valence-corrected chi connectivity index (χ3v) is 6.14. The van der Waals surface area contributed by atoms with Crippen molar-refractivity contribution in [3.8, 4) is 0 Å². The summed E-state index contributed by atoms with van der Waals surface area (Å²) < 4.78 is 26.8. The van der Waals surface area contributed by atoms with Crippen LogP contribution in [0.25, 0.3) is 0 Å². The van der Waals surface area contributed by atoms with E-state index in [1.54, 1.807) is 61.7 Å². The summed E-state index contributed by atoms with van der Waals surface area (Å²) in [7, 11) is -2.16. The molecule has 0 spiro atoms. The number of nitrogens with zero attached hydrogens (tertiary/aromatic N) is 2. The number of sulfonamides is 1. The second kappa shape index (κ2) is 8.22. The number of aryl methyl sites for hydroxylation is 1. The Kier molecular flexibility index (Phi) is 5.75. The van der Waals surface area contributed by atoms with Gasteiger partial charge in [-0.1, -0.05) is 24.3 Å². The fourth-order valence-electron chi connectivity index (χ4n) is 2.81. The van der Waals surface area contributed by atoms with Gasteiger partial charge in [-0.15, -0.1) is 0 Å². The molecule has 0 unspecified atom stereocenters. The normalized spacial score (nSPS) is 11.1. The lowest BCUT2D eigenvalue weighted by Crippen LogP contribution is -2.27. The van der Waals surface area contributed by atoms with E-state index in [1.165, 1.54) is 11.4 Å². The van der Waals surface area contributed by atoms with Crippen LogP contribution in [0.1, 0.15) is 21.6 Å². The lowest BCUT2D eigenvalue weighted by molar-refractivity contribution is 0.0950. The standard InChI is InChI=1S/C21H21N3O3S/c1-16-14-17(21(25)23-15-18-8-6-7-13-22-18)11-12-20(16)24(2)28(26,27)19-9-4-3-5-10-19/h3-14H,15H2,1-2H3,(H,23,25). The number of aromatic nitrogens is 1. The molecule has 0 atom stereocenters. The summed E-state index contributed by atoms with van der Waals surface area (Å²) in [5.41, 5.74) is 2.43. The van der Waals surface area contributed by atoms with Crippen LogP contribution in [0.3, 0.4) is 0 Å². The molecule has 0 radical (unpaired) electrons. The second-order valence-corrected chi connectivity index (χ2v) is 8.26. The molecular formula is C21H21N3O3S. The van der Waals surface area contributed by atoms with Gasteiger partial charge in [0.15, 0.2) is 0 Å². The number of benzene rings is 2. The molecule has 0 bridgehead atoms. The quantitative estimate of drug-likeness (QED) is 0.695. The second-order valence-electron chi connectivity index (χ2n) is 6.29. The van der Waals surface area contributed by atoms with Crippen molar-refractivity contribution in [3.05, 3.63) is 89.7 Å². The molecule has 0 aliphatic rings. The van der Waals surface area contributed by atoms with Crippen molar-refractivity contribution in [2.45, 2.75) is 18.4 Å². The van der Waals surface area contributed by atoms with Crippen LogP contribution in [0.5, 0.6) is 0 Å². The predicted octanol–water partition coefficient (Wildman–Crippen LogP) is 3.15. The molecule has 7 heteroatoms. The summed E-state index contributed by atoms with van der Waals surface area (Å²) in [5.74, 6) is -0.242. The molecule has 1 heterocycles. The van der Waals surface area contributed by atoms with Crippen LogP contribution >= 0.6 is 0 Å². The van der Waals surface area contributed by atoms with E-state index in [0.717, 1.165) is 5.69 Å². The maximum Gasteiger partial charge on any atom is 0.264 e. The van der Waals surface area contributed by atoms with E-state index in [4.69, 9.17) is 0 Å². The molecule has 1 aromatic heterocycles. The molecule has 0 fully saturated rings. The molecule has 0 saturated carbocycles. The topological polar surface area (TPSA) is 79.4 Å². The largest absolute Gasteiger partial charge is 0.346 e. The highest BCUT2D eigenvalue weighted by Crippen LogP contribution is 2.26. The number of rotatable bonds is 6. The summed E-state index contributed by atoms with van der Waals surface area (Å²) in [6.45, 7) is 2.10. The first-order valence-electron chi connectivity index (χ1n) is 8.72. The molecule has 0 aliphatic carbocycles. The first-order chi connectivity index (χ1) is 13.4. The van der Waals surface area contributed by atoms with Gasteiger partial charge in [-0.25, -0.2) is 8.42 Å². The molecule has 2 aromatic carbocycles. The van der Waals surface area contributed by atoms with E-state index in [0.29, 0.717) is 23.4 Å². The highest BCUT2D eigenvalue weighted by molar-refractivity contribution is 7.92. The average Bonchev–Trinajstić information content (AvgIpc) is 2.72. The van der Waals surface area contributed by atoms with Crippen LogP contribution in [0, 0.1) is 6.92 Å². The number of pyridine rings is 1. The van der Waals surface area contributed by atoms with Crippen molar-refractivity contribution >= 4 is 21.6 Å². The maximum absolute atomic E-state index is 12.8. The van der Waals surface area contributed by atoms with Gasteiger partial charge < -0.3 is 5.32 Å². The summed E-state index contributed by atoms with van der Waals surface area (Å²) in [6.07, 6.45) is 1.67. The van der Waals surface area contributed by atoms with Gasteiger partial charge >= 0.3 is 0 Å². The summed E-state index contributed by atoms with van der Waals surface area (Å²) in [5, 5.41) is 2.81. The number of carbonyl (C=O) groups excluding carboxylic acids is 1. The number of carbonyl (C=O) groups is 1. The SMILES string of the molecule is Cc1cc(C(=O)NCc2ccccn2)ccc1N(C)S(=O)(=O)c1ccccc1. The third kappa shape index (κ3) is 4.20. The van der Waals surface area contributed by atoms with Crippen LogP contribution < -0.4 is 9.62 Å². The minimum atomic E-state index is -3.67. The van der Waals surface area contributed by atoms with E-state index in [-0.39, 0.29) is 10.8 Å². The molecule has 0 aliphatic heterocycles. The monoisotopic (exact) mass is 395 g/mol. The molecule has 0 saturated heterocycles. The number of hydrogen-bond donors (Lipinski definition) is 1. The smallest absolute Gasteiger partial charge is 0.264 e. The van der Waals surface area contributed by atoms with E-state index >= 15 is 0 Å². The van der Waals surface area contributed by atoms with Crippen molar-refractivity contribution in [1.82, 2.24) is 10.3 Å². The zero-order chi connectivity index (χ0) is 20.1. The molecule has 6 nitrogen and oxygen atoms in total. The third-order valence-electron chi connectivity index (χ3n) is 4.36. The Balaban J connectivity index is 1.77. The van der Waals surface area contributed by atoms with E-state index in [9.17, 15) is 13.2 Å². The Labute approximate surface area is 164 Å². The number of anilines is 1. The minimum absolute atomic E-state index is 0.217. The first kappa shape index (κ1) is 19.6. The van der Waals surface area contributed by atoms with Gasteiger partial charge in [0.2, 0.25) is 0 Å². The Hall–Kier alpha value is -3.19. The average molecular weight is 395 g/mol. The zero-order valence-corrected chi connectivity index (χ0v) is 16.5. The van der Waals surface area contributed by atoms with Crippen molar-refractivity contribution in [1.29, 1.82) is 0 Å². The first-order valence-corrected chi connectivity index (χ1v) is 10.2. The molecule has 144 valence electrons. The fraction of sp³-hybridized carbons (Fsp3) is 0.143. The molecule has 1 N–H and O–H groups in total. The Morgan fingerprint density at radius 2 is 1.75 bits per heavy atom. The Bertz CT molecular complexity index is 1070.